The SMILES string of the molecule is Cc1ccccc1CCNC(=O)NC1(C(=O)O)CC1. The highest BCUT2D eigenvalue weighted by molar-refractivity contribution is 5.88. The predicted octanol–water partition coefficient (Wildman–Crippen LogP) is 1.45. The number of aryl methyl sites for hydroxylation is 1. The van der Waals surface area contributed by atoms with Crippen molar-refractivity contribution in [3.8, 4) is 0 Å². The van der Waals surface area contributed by atoms with Gasteiger partial charge in [-0.05, 0) is 37.3 Å². The second kappa shape index (κ2) is 5.30. The second-order valence-corrected chi connectivity index (χ2v) is 4.94. The Kier molecular flexibility index (Phi) is 3.74. The van der Waals surface area contributed by atoms with Gasteiger partial charge in [0.25, 0.3) is 0 Å². The summed E-state index contributed by atoms with van der Waals surface area (Å²) in [5.41, 5.74) is 1.35. The van der Waals surface area contributed by atoms with Crippen molar-refractivity contribution in [3.05, 3.63) is 35.4 Å². The molecule has 0 bridgehead atoms. The molecular weight excluding hydrogens is 244 g/mol. The van der Waals surface area contributed by atoms with Crippen LogP contribution in [0.4, 0.5) is 4.79 Å². The molecule has 0 atom stereocenters. The fourth-order valence-electron chi connectivity index (χ4n) is 1.98. The predicted molar refractivity (Wildman–Crippen MR) is 71.0 cm³/mol. The Morgan fingerprint density at radius 1 is 1.32 bits per heavy atom. The topological polar surface area (TPSA) is 78.4 Å². The minimum absolute atomic E-state index is 0.409. The average molecular weight is 262 g/mol. The quantitative estimate of drug-likeness (QED) is 0.751. The molecule has 1 aliphatic carbocycles. The van der Waals surface area contributed by atoms with E-state index < -0.39 is 17.5 Å². The fourth-order valence-corrected chi connectivity index (χ4v) is 1.98. The Bertz CT molecular complexity index is 495. The maximum absolute atomic E-state index is 11.6. The molecule has 1 fully saturated rings. The van der Waals surface area contributed by atoms with Gasteiger partial charge in [-0.1, -0.05) is 24.3 Å². The summed E-state index contributed by atoms with van der Waals surface area (Å²) in [6.07, 6.45) is 1.75. The van der Waals surface area contributed by atoms with Gasteiger partial charge in [-0.2, -0.15) is 0 Å². The molecule has 0 heterocycles. The lowest BCUT2D eigenvalue weighted by Crippen LogP contribution is -2.48. The Hall–Kier alpha value is -2.04. The van der Waals surface area contributed by atoms with Crippen molar-refractivity contribution in [1.82, 2.24) is 10.6 Å². The molecule has 2 amide bonds. The van der Waals surface area contributed by atoms with Crippen molar-refractivity contribution in [2.75, 3.05) is 6.54 Å². The molecule has 1 aromatic carbocycles. The third-order valence-electron chi connectivity index (χ3n) is 3.45. The molecule has 102 valence electrons. The Morgan fingerprint density at radius 2 is 2.00 bits per heavy atom. The largest absolute Gasteiger partial charge is 0.480 e. The van der Waals surface area contributed by atoms with Crippen LogP contribution in [-0.4, -0.2) is 29.2 Å². The van der Waals surface area contributed by atoms with Gasteiger partial charge in [0.2, 0.25) is 0 Å². The smallest absolute Gasteiger partial charge is 0.329 e. The lowest BCUT2D eigenvalue weighted by Gasteiger charge is -2.13. The highest BCUT2D eigenvalue weighted by Crippen LogP contribution is 2.35. The third kappa shape index (κ3) is 3.24. The number of carbonyl (C=O) groups excluding carboxylic acids is 1. The third-order valence-corrected chi connectivity index (χ3v) is 3.45. The van der Waals surface area contributed by atoms with E-state index in [0.29, 0.717) is 19.4 Å². The van der Waals surface area contributed by atoms with Crippen LogP contribution in [0, 0.1) is 6.92 Å². The Morgan fingerprint density at radius 3 is 2.58 bits per heavy atom. The number of urea groups is 1. The molecule has 0 unspecified atom stereocenters. The minimum Gasteiger partial charge on any atom is -0.480 e. The second-order valence-electron chi connectivity index (χ2n) is 4.94. The first kappa shape index (κ1) is 13.4. The van der Waals surface area contributed by atoms with Gasteiger partial charge in [0.15, 0.2) is 0 Å². The van der Waals surface area contributed by atoms with Crippen LogP contribution in [0.2, 0.25) is 0 Å². The van der Waals surface area contributed by atoms with Gasteiger partial charge < -0.3 is 15.7 Å². The molecule has 5 nitrogen and oxygen atoms in total. The molecule has 5 heteroatoms. The highest BCUT2D eigenvalue weighted by atomic mass is 16.4. The summed E-state index contributed by atoms with van der Waals surface area (Å²) in [5, 5.41) is 14.2. The van der Waals surface area contributed by atoms with Crippen molar-refractivity contribution < 1.29 is 14.7 Å². The molecule has 0 aliphatic heterocycles. The molecule has 1 saturated carbocycles. The number of carboxylic acid groups (broad SMARTS) is 1. The van der Waals surface area contributed by atoms with Crippen LogP contribution in [0.1, 0.15) is 24.0 Å². The number of hydrogen-bond donors (Lipinski definition) is 3. The van der Waals surface area contributed by atoms with Crippen molar-refractivity contribution in [2.45, 2.75) is 31.7 Å². The van der Waals surface area contributed by atoms with Gasteiger partial charge >= 0.3 is 12.0 Å². The molecule has 19 heavy (non-hydrogen) atoms. The molecule has 1 aliphatic rings. The van der Waals surface area contributed by atoms with Gasteiger partial charge in [0.05, 0.1) is 0 Å². The van der Waals surface area contributed by atoms with Crippen LogP contribution in [0.3, 0.4) is 0 Å². The molecule has 2 rings (SSSR count). The molecule has 0 aromatic heterocycles. The van der Waals surface area contributed by atoms with E-state index in [0.717, 1.165) is 6.42 Å². The lowest BCUT2D eigenvalue weighted by atomic mass is 10.1. The van der Waals surface area contributed by atoms with E-state index in [-0.39, 0.29) is 0 Å². The average Bonchev–Trinajstić information content (AvgIpc) is 3.12. The Balaban J connectivity index is 1.76. The monoisotopic (exact) mass is 262 g/mol. The van der Waals surface area contributed by atoms with Gasteiger partial charge in [-0.3, -0.25) is 0 Å². The molecule has 1 aromatic rings. The van der Waals surface area contributed by atoms with Gasteiger partial charge in [0, 0.05) is 6.54 Å². The molecule has 3 N–H and O–H groups in total. The number of carbonyl (C=O) groups is 2. The number of benzene rings is 1. The van der Waals surface area contributed by atoms with E-state index in [1.165, 1.54) is 11.1 Å². The standard InChI is InChI=1S/C14H18N2O3/c1-10-4-2-3-5-11(10)6-9-15-13(19)16-14(7-8-14)12(17)18/h2-5H,6-9H2,1H3,(H,17,18)(H2,15,16,19). The number of aliphatic carboxylic acids is 1. The first-order valence-corrected chi connectivity index (χ1v) is 6.37. The number of rotatable bonds is 5. The van der Waals surface area contributed by atoms with Crippen LogP contribution in [0.15, 0.2) is 24.3 Å². The fraction of sp³-hybridized carbons (Fsp3) is 0.429. The molecule has 0 saturated heterocycles. The van der Waals surface area contributed by atoms with Crippen LogP contribution < -0.4 is 10.6 Å². The van der Waals surface area contributed by atoms with Gasteiger partial charge in [-0.15, -0.1) is 0 Å². The molecule has 0 spiro atoms. The van der Waals surface area contributed by atoms with Crippen molar-refractivity contribution in [1.29, 1.82) is 0 Å². The first-order valence-electron chi connectivity index (χ1n) is 6.37. The van der Waals surface area contributed by atoms with Gasteiger partial charge in [0.1, 0.15) is 5.54 Å². The highest BCUT2D eigenvalue weighted by Gasteiger charge is 2.51. The zero-order chi connectivity index (χ0) is 13.9. The summed E-state index contributed by atoms with van der Waals surface area (Å²) in [5.74, 6) is -0.957. The van der Waals surface area contributed by atoms with E-state index in [4.69, 9.17) is 5.11 Å². The number of carboxylic acids is 1. The summed E-state index contributed by atoms with van der Waals surface area (Å²) in [7, 11) is 0. The van der Waals surface area contributed by atoms with Crippen molar-refractivity contribution in [3.63, 3.8) is 0 Å². The maximum atomic E-state index is 11.6. The van der Waals surface area contributed by atoms with Crippen LogP contribution in [0.25, 0.3) is 0 Å². The summed E-state index contributed by atoms with van der Waals surface area (Å²) >= 11 is 0. The van der Waals surface area contributed by atoms with E-state index in [1.54, 1.807) is 0 Å². The Labute approximate surface area is 112 Å². The minimum atomic E-state index is -1.02. The van der Waals surface area contributed by atoms with Crippen LogP contribution in [0.5, 0.6) is 0 Å². The van der Waals surface area contributed by atoms with Crippen molar-refractivity contribution in [2.24, 2.45) is 0 Å². The van der Waals surface area contributed by atoms with E-state index in [2.05, 4.69) is 10.6 Å². The lowest BCUT2D eigenvalue weighted by molar-refractivity contribution is -0.140. The van der Waals surface area contributed by atoms with Crippen molar-refractivity contribution >= 4 is 12.0 Å². The zero-order valence-corrected chi connectivity index (χ0v) is 10.9. The van der Waals surface area contributed by atoms with Crippen LogP contribution in [-0.2, 0) is 11.2 Å². The normalized spacial score (nSPS) is 15.6. The number of nitrogens with one attached hydrogen (secondary N) is 2. The van der Waals surface area contributed by atoms with E-state index >= 15 is 0 Å². The maximum Gasteiger partial charge on any atom is 0.329 e. The number of amides is 2. The molecular formula is C14H18N2O3. The van der Waals surface area contributed by atoms with Gasteiger partial charge in [-0.25, -0.2) is 9.59 Å². The molecule has 0 radical (unpaired) electrons. The first-order chi connectivity index (χ1) is 9.03. The van der Waals surface area contributed by atoms with E-state index in [9.17, 15) is 9.59 Å². The number of hydrogen-bond acceptors (Lipinski definition) is 2. The summed E-state index contributed by atoms with van der Waals surface area (Å²) < 4.78 is 0. The summed E-state index contributed by atoms with van der Waals surface area (Å²) in [6.45, 7) is 2.52. The van der Waals surface area contributed by atoms with Crippen LogP contribution >= 0.6 is 0 Å². The summed E-state index contributed by atoms with van der Waals surface area (Å²) in [6, 6.07) is 7.58. The zero-order valence-electron chi connectivity index (χ0n) is 10.9. The summed E-state index contributed by atoms with van der Waals surface area (Å²) in [4.78, 5) is 22.5. The van der Waals surface area contributed by atoms with E-state index in [1.807, 2.05) is 31.2 Å².